The van der Waals surface area contributed by atoms with E-state index in [0.717, 1.165) is 0 Å². The van der Waals surface area contributed by atoms with Crippen LogP contribution in [-0.4, -0.2) is 27.9 Å². The number of thioether (sulfide) groups is 1. The standard InChI is InChI=1S/C13H19NO2S/c1-9(2)16-12-5-11(6-14-7-12)13(15)8-17-10(3)4/h5-7,9-10H,8H2,1-4H3. The Kier molecular flexibility index (Phi) is 5.48. The van der Waals surface area contributed by atoms with Gasteiger partial charge in [0.05, 0.1) is 18.1 Å². The number of aromatic nitrogens is 1. The van der Waals surface area contributed by atoms with E-state index in [0.29, 0.717) is 22.3 Å². The number of hydrogen-bond donors (Lipinski definition) is 0. The van der Waals surface area contributed by atoms with Crippen molar-refractivity contribution in [3.05, 3.63) is 24.0 Å². The second-order valence-electron chi connectivity index (χ2n) is 4.36. The van der Waals surface area contributed by atoms with Crippen LogP contribution in [0.1, 0.15) is 38.1 Å². The molecule has 0 unspecified atom stereocenters. The molecule has 0 aromatic carbocycles. The molecule has 0 saturated heterocycles. The number of Topliss-reactive ketones (excluding diaryl/α,β-unsaturated/α-hetero) is 1. The fraction of sp³-hybridized carbons (Fsp3) is 0.538. The van der Waals surface area contributed by atoms with Crippen molar-refractivity contribution in [1.29, 1.82) is 0 Å². The van der Waals surface area contributed by atoms with Crippen molar-refractivity contribution in [2.24, 2.45) is 0 Å². The predicted molar refractivity (Wildman–Crippen MR) is 71.9 cm³/mol. The van der Waals surface area contributed by atoms with Gasteiger partial charge >= 0.3 is 0 Å². The molecule has 0 spiro atoms. The molecule has 0 fully saturated rings. The topological polar surface area (TPSA) is 39.2 Å². The number of carbonyl (C=O) groups is 1. The van der Waals surface area contributed by atoms with Gasteiger partial charge in [-0.05, 0) is 25.2 Å². The van der Waals surface area contributed by atoms with Gasteiger partial charge in [-0.15, -0.1) is 0 Å². The van der Waals surface area contributed by atoms with Gasteiger partial charge in [-0.1, -0.05) is 13.8 Å². The Hall–Kier alpha value is -1.03. The highest BCUT2D eigenvalue weighted by Crippen LogP contribution is 2.16. The molecule has 0 aliphatic rings. The van der Waals surface area contributed by atoms with E-state index in [4.69, 9.17) is 4.74 Å². The molecule has 0 atom stereocenters. The summed E-state index contributed by atoms with van der Waals surface area (Å²) < 4.78 is 5.51. The zero-order valence-electron chi connectivity index (χ0n) is 10.8. The molecule has 0 aliphatic heterocycles. The zero-order chi connectivity index (χ0) is 12.8. The molecule has 0 amide bonds. The van der Waals surface area contributed by atoms with Crippen molar-refractivity contribution >= 4 is 17.5 Å². The van der Waals surface area contributed by atoms with Crippen LogP contribution in [0.3, 0.4) is 0 Å². The maximum Gasteiger partial charge on any atom is 0.174 e. The molecule has 1 aromatic heterocycles. The molecule has 1 rings (SSSR count). The maximum absolute atomic E-state index is 11.9. The van der Waals surface area contributed by atoms with Crippen LogP contribution in [0.5, 0.6) is 5.75 Å². The SMILES string of the molecule is CC(C)Oc1cncc(C(=O)CSC(C)C)c1. The third-order valence-corrected chi connectivity index (χ3v) is 3.05. The third-order valence-electron chi connectivity index (χ3n) is 1.95. The molecule has 1 aromatic rings. The highest BCUT2D eigenvalue weighted by atomic mass is 32.2. The van der Waals surface area contributed by atoms with Gasteiger partial charge < -0.3 is 4.74 Å². The first kappa shape index (κ1) is 14.0. The summed E-state index contributed by atoms with van der Waals surface area (Å²) in [5.41, 5.74) is 0.622. The van der Waals surface area contributed by atoms with Gasteiger partial charge in [0.2, 0.25) is 0 Å². The largest absolute Gasteiger partial charge is 0.489 e. The molecule has 3 nitrogen and oxygen atoms in total. The summed E-state index contributed by atoms with van der Waals surface area (Å²) in [5, 5.41) is 0.460. The fourth-order valence-electron chi connectivity index (χ4n) is 1.23. The molecular weight excluding hydrogens is 234 g/mol. The van der Waals surface area contributed by atoms with Gasteiger partial charge in [-0.25, -0.2) is 0 Å². The normalized spacial score (nSPS) is 10.9. The van der Waals surface area contributed by atoms with Crippen molar-refractivity contribution in [2.75, 3.05) is 5.75 Å². The average molecular weight is 253 g/mol. The van der Waals surface area contributed by atoms with E-state index >= 15 is 0 Å². The van der Waals surface area contributed by atoms with E-state index in [-0.39, 0.29) is 11.9 Å². The number of carbonyl (C=O) groups excluding carboxylic acids is 1. The van der Waals surface area contributed by atoms with Gasteiger partial charge in [0.1, 0.15) is 5.75 Å². The molecular formula is C13H19NO2S. The van der Waals surface area contributed by atoms with E-state index in [9.17, 15) is 4.79 Å². The van der Waals surface area contributed by atoms with Crippen LogP contribution in [0.25, 0.3) is 0 Å². The molecule has 1 heterocycles. The summed E-state index contributed by atoms with van der Waals surface area (Å²) in [6, 6.07) is 1.76. The Morgan fingerprint density at radius 1 is 1.35 bits per heavy atom. The maximum atomic E-state index is 11.9. The van der Waals surface area contributed by atoms with Gasteiger partial charge in [0, 0.05) is 11.8 Å². The Morgan fingerprint density at radius 2 is 2.06 bits per heavy atom. The lowest BCUT2D eigenvalue weighted by Crippen LogP contribution is -2.09. The Morgan fingerprint density at radius 3 is 2.65 bits per heavy atom. The summed E-state index contributed by atoms with van der Waals surface area (Å²) >= 11 is 1.64. The lowest BCUT2D eigenvalue weighted by atomic mass is 10.2. The number of hydrogen-bond acceptors (Lipinski definition) is 4. The van der Waals surface area contributed by atoms with Crippen molar-refractivity contribution in [2.45, 2.75) is 39.0 Å². The fourth-order valence-corrected chi connectivity index (χ4v) is 1.88. The van der Waals surface area contributed by atoms with Crippen LogP contribution in [0.4, 0.5) is 0 Å². The highest BCUT2D eigenvalue weighted by molar-refractivity contribution is 8.00. The second kappa shape index (κ2) is 6.64. The van der Waals surface area contributed by atoms with E-state index < -0.39 is 0 Å². The number of pyridine rings is 1. The van der Waals surface area contributed by atoms with Crippen LogP contribution < -0.4 is 4.74 Å². The van der Waals surface area contributed by atoms with Gasteiger partial charge in [0.15, 0.2) is 5.78 Å². The van der Waals surface area contributed by atoms with Gasteiger partial charge in [0.25, 0.3) is 0 Å². The van der Waals surface area contributed by atoms with Crippen LogP contribution in [0.15, 0.2) is 18.5 Å². The van der Waals surface area contributed by atoms with Crippen LogP contribution in [-0.2, 0) is 0 Å². The number of nitrogens with zero attached hydrogens (tertiary/aromatic N) is 1. The van der Waals surface area contributed by atoms with Crippen LogP contribution >= 0.6 is 11.8 Å². The molecule has 0 N–H and O–H groups in total. The predicted octanol–water partition coefficient (Wildman–Crippen LogP) is 3.19. The summed E-state index contributed by atoms with van der Waals surface area (Å²) in [5.74, 6) is 1.25. The summed E-state index contributed by atoms with van der Waals surface area (Å²) in [6.07, 6.45) is 3.31. The number of ketones is 1. The van der Waals surface area contributed by atoms with E-state index in [1.54, 1.807) is 30.2 Å². The first-order valence-corrected chi connectivity index (χ1v) is 6.80. The monoisotopic (exact) mass is 253 g/mol. The molecule has 4 heteroatoms. The van der Waals surface area contributed by atoms with Crippen molar-refractivity contribution < 1.29 is 9.53 Å². The van der Waals surface area contributed by atoms with E-state index in [2.05, 4.69) is 18.8 Å². The second-order valence-corrected chi connectivity index (χ2v) is 5.92. The smallest absolute Gasteiger partial charge is 0.174 e. The van der Waals surface area contributed by atoms with Crippen molar-refractivity contribution in [3.63, 3.8) is 0 Å². The lowest BCUT2D eigenvalue weighted by molar-refractivity contribution is 0.102. The Balaban J connectivity index is 2.67. The average Bonchev–Trinajstić information content (AvgIpc) is 2.25. The van der Waals surface area contributed by atoms with E-state index in [1.807, 2.05) is 13.8 Å². The summed E-state index contributed by atoms with van der Waals surface area (Å²) in [7, 11) is 0. The molecule has 0 radical (unpaired) electrons. The Bertz CT molecular complexity index is 377. The molecule has 0 aliphatic carbocycles. The highest BCUT2D eigenvalue weighted by Gasteiger charge is 2.09. The van der Waals surface area contributed by atoms with Crippen LogP contribution in [0.2, 0.25) is 0 Å². The molecule has 17 heavy (non-hydrogen) atoms. The summed E-state index contributed by atoms with van der Waals surface area (Å²) in [6.45, 7) is 8.05. The minimum atomic E-state index is 0.0900. The van der Waals surface area contributed by atoms with Gasteiger partial charge in [-0.2, -0.15) is 11.8 Å². The third kappa shape index (κ3) is 5.22. The Labute approximate surface area is 107 Å². The molecule has 0 saturated carbocycles. The first-order valence-electron chi connectivity index (χ1n) is 5.75. The molecule has 94 valence electrons. The minimum Gasteiger partial charge on any atom is -0.489 e. The number of rotatable bonds is 6. The molecule has 0 bridgehead atoms. The minimum absolute atomic E-state index is 0.0900. The van der Waals surface area contributed by atoms with Crippen LogP contribution in [0, 0.1) is 0 Å². The first-order chi connectivity index (χ1) is 7.99. The van der Waals surface area contributed by atoms with Crippen molar-refractivity contribution in [1.82, 2.24) is 4.98 Å². The number of ether oxygens (including phenoxy) is 1. The lowest BCUT2D eigenvalue weighted by Gasteiger charge is -2.10. The van der Waals surface area contributed by atoms with Crippen molar-refractivity contribution in [3.8, 4) is 5.75 Å². The van der Waals surface area contributed by atoms with Gasteiger partial charge in [-0.3, -0.25) is 9.78 Å². The summed E-state index contributed by atoms with van der Waals surface area (Å²) in [4.78, 5) is 15.9. The zero-order valence-corrected chi connectivity index (χ0v) is 11.6. The quantitative estimate of drug-likeness (QED) is 0.730. The van der Waals surface area contributed by atoms with E-state index in [1.165, 1.54) is 0 Å².